The van der Waals surface area contributed by atoms with E-state index in [4.69, 9.17) is 33.7 Å². The lowest BCUT2D eigenvalue weighted by Crippen LogP contribution is -2.36. The van der Waals surface area contributed by atoms with Gasteiger partial charge in [-0.3, -0.25) is 4.79 Å². The largest absolute Gasteiger partial charge is 0.364 e. The first-order chi connectivity index (χ1) is 10.1. The number of carbonyl (C=O) groups excluding carboxylic acids is 1. The highest BCUT2D eigenvalue weighted by molar-refractivity contribution is 6.35. The quantitative estimate of drug-likeness (QED) is 0.788. The molecule has 21 heavy (non-hydrogen) atoms. The number of rotatable bonds is 6. The smallest absolute Gasteiger partial charge is 0.249 e. The number of halogens is 2. The molecule has 1 fully saturated rings. The molecule has 4 nitrogen and oxygen atoms in total. The molecule has 1 aliphatic heterocycles. The van der Waals surface area contributed by atoms with Crippen molar-refractivity contribution in [3.63, 3.8) is 0 Å². The van der Waals surface area contributed by atoms with Gasteiger partial charge >= 0.3 is 0 Å². The minimum Gasteiger partial charge on any atom is -0.364 e. The monoisotopic (exact) mass is 330 g/mol. The standard InChI is InChI=1S/C15H20Cl2N2O2/c16-11-4-3-10(13(17)8-11)2-1-7-19-15(20)14-6-5-12(9-18)21-14/h3-4,8,12,14H,1-2,5-7,9,18H2,(H,19,20)/t12-,14+/m1/s1. The van der Waals surface area contributed by atoms with Gasteiger partial charge in [0, 0.05) is 23.1 Å². The molecule has 1 saturated heterocycles. The lowest BCUT2D eigenvalue weighted by Gasteiger charge is -2.12. The zero-order valence-corrected chi connectivity index (χ0v) is 13.3. The van der Waals surface area contributed by atoms with Gasteiger partial charge in [0.25, 0.3) is 0 Å². The van der Waals surface area contributed by atoms with Gasteiger partial charge in [0.1, 0.15) is 6.10 Å². The maximum absolute atomic E-state index is 11.9. The van der Waals surface area contributed by atoms with E-state index in [0.717, 1.165) is 31.2 Å². The summed E-state index contributed by atoms with van der Waals surface area (Å²) >= 11 is 12.0. The molecule has 0 aromatic heterocycles. The summed E-state index contributed by atoms with van der Waals surface area (Å²) in [4.78, 5) is 11.9. The Labute approximate surface area is 134 Å². The van der Waals surface area contributed by atoms with Crippen molar-refractivity contribution in [3.8, 4) is 0 Å². The van der Waals surface area contributed by atoms with Gasteiger partial charge in [0.15, 0.2) is 0 Å². The maximum atomic E-state index is 11.9. The van der Waals surface area contributed by atoms with Crippen LogP contribution in [0, 0.1) is 0 Å². The fraction of sp³-hybridized carbons (Fsp3) is 0.533. The van der Waals surface area contributed by atoms with Gasteiger partial charge in [0.2, 0.25) is 5.91 Å². The number of hydrogen-bond acceptors (Lipinski definition) is 3. The van der Waals surface area contributed by atoms with E-state index in [9.17, 15) is 4.79 Å². The van der Waals surface area contributed by atoms with E-state index in [1.54, 1.807) is 6.07 Å². The summed E-state index contributed by atoms with van der Waals surface area (Å²) in [5, 5.41) is 4.19. The zero-order valence-electron chi connectivity index (χ0n) is 11.8. The molecule has 1 heterocycles. The number of nitrogens with two attached hydrogens (primary N) is 1. The van der Waals surface area contributed by atoms with Crippen LogP contribution in [0.25, 0.3) is 0 Å². The van der Waals surface area contributed by atoms with Gasteiger partial charge in [0.05, 0.1) is 6.10 Å². The Bertz CT molecular complexity index is 497. The van der Waals surface area contributed by atoms with Crippen LogP contribution in [0.5, 0.6) is 0 Å². The first-order valence-electron chi connectivity index (χ1n) is 7.17. The van der Waals surface area contributed by atoms with Gasteiger partial charge in [-0.1, -0.05) is 29.3 Å². The van der Waals surface area contributed by atoms with Crippen molar-refractivity contribution in [1.82, 2.24) is 5.32 Å². The molecule has 0 radical (unpaired) electrons. The van der Waals surface area contributed by atoms with Crippen LogP contribution in [0.1, 0.15) is 24.8 Å². The average molecular weight is 331 g/mol. The van der Waals surface area contributed by atoms with E-state index in [1.165, 1.54) is 0 Å². The molecule has 0 unspecified atom stereocenters. The minimum absolute atomic E-state index is 0.0219. The van der Waals surface area contributed by atoms with E-state index >= 15 is 0 Å². The number of hydrogen-bond donors (Lipinski definition) is 2. The Morgan fingerprint density at radius 2 is 2.19 bits per heavy atom. The van der Waals surface area contributed by atoms with Crippen molar-refractivity contribution in [1.29, 1.82) is 0 Å². The Morgan fingerprint density at radius 3 is 2.86 bits per heavy atom. The van der Waals surface area contributed by atoms with E-state index in [-0.39, 0.29) is 18.1 Å². The predicted octanol–water partition coefficient (Wildman–Crippen LogP) is 2.55. The highest BCUT2D eigenvalue weighted by atomic mass is 35.5. The second-order valence-electron chi connectivity index (χ2n) is 5.19. The van der Waals surface area contributed by atoms with Crippen molar-refractivity contribution in [2.45, 2.75) is 37.9 Å². The number of nitrogens with one attached hydrogen (secondary N) is 1. The summed E-state index contributed by atoms with van der Waals surface area (Å²) < 4.78 is 5.55. The first-order valence-corrected chi connectivity index (χ1v) is 7.93. The maximum Gasteiger partial charge on any atom is 0.249 e. The molecule has 1 amide bonds. The molecule has 116 valence electrons. The van der Waals surface area contributed by atoms with Crippen LogP contribution in [0.15, 0.2) is 18.2 Å². The van der Waals surface area contributed by atoms with Crippen molar-refractivity contribution < 1.29 is 9.53 Å². The molecule has 0 spiro atoms. The van der Waals surface area contributed by atoms with Crippen LogP contribution in [-0.4, -0.2) is 31.2 Å². The van der Waals surface area contributed by atoms with E-state index in [1.807, 2.05) is 12.1 Å². The summed E-state index contributed by atoms with van der Waals surface area (Å²) in [6.07, 6.45) is 2.89. The van der Waals surface area contributed by atoms with Crippen LogP contribution >= 0.6 is 23.2 Å². The second-order valence-corrected chi connectivity index (χ2v) is 6.03. The molecule has 2 atom stereocenters. The highest BCUT2D eigenvalue weighted by Gasteiger charge is 2.29. The van der Waals surface area contributed by atoms with Crippen LogP contribution in [0.4, 0.5) is 0 Å². The molecule has 1 aliphatic rings. The molecule has 0 aliphatic carbocycles. The SMILES string of the molecule is NC[C@H]1CC[C@@H](C(=O)NCCCc2ccc(Cl)cc2Cl)O1. The number of carbonyl (C=O) groups is 1. The number of amides is 1. The molecule has 3 N–H and O–H groups in total. The molecule has 1 aromatic rings. The molecule has 2 rings (SSSR count). The minimum atomic E-state index is -0.349. The number of ether oxygens (including phenoxy) is 1. The lowest BCUT2D eigenvalue weighted by atomic mass is 10.1. The Hall–Kier alpha value is -0.810. The van der Waals surface area contributed by atoms with E-state index < -0.39 is 0 Å². The summed E-state index contributed by atoms with van der Waals surface area (Å²) in [6, 6.07) is 5.47. The zero-order chi connectivity index (χ0) is 15.2. The first kappa shape index (κ1) is 16.6. The Kier molecular flexibility index (Phi) is 6.30. The van der Waals surface area contributed by atoms with Crippen LogP contribution in [0.2, 0.25) is 10.0 Å². The number of benzene rings is 1. The van der Waals surface area contributed by atoms with E-state index in [2.05, 4.69) is 5.32 Å². The Balaban J connectivity index is 1.69. The van der Waals surface area contributed by atoms with Gasteiger partial charge in [-0.05, 0) is 43.4 Å². The van der Waals surface area contributed by atoms with Gasteiger partial charge in [-0.15, -0.1) is 0 Å². The summed E-state index contributed by atoms with van der Waals surface area (Å²) in [6.45, 7) is 1.07. The molecule has 0 bridgehead atoms. The molecular weight excluding hydrogens is 311 g/mol. The number of aryl methyl sites for hydroxylation is 1. The topological polar surface area (TPSA) is 64.4 Å². The second kappa shape index (κ2) is 7.99. The van der Waals surface area contributed by atoms with Crippen molar-refractivity contribution in [2.24, 2.45) is 5.73 Å². The van der Waals surface area contributed by atoms with Crippen LogP contribution in [0.3, 0.4) is 0 Å². The third-order valence-electron chi connectivity index (χ3n) is 3.60. The van der Waals surface area contributed by atoms with Crippen molar-refractivity contribution >= 4 is 29.1 Å². The summed E-state index contributed by atoms with van der Waals surface area (Å²) in [7, 11) is 0. The average Bonchev–Trinajstić information content (AvgIpc) is 2.94. The van der Waals surface area contributed by atoms with Gasteiger partial charge in [-0.2, -0.15) is 0 Å². The molecule has 6 heteroatoms. The van der Waals surface area contributed by atoms with Crippen LogP contribution < -0.4 is 11.1 Å². The fourth-order valence-electron chi connectivity index (χ4n) is 2.40. The van der Waals surface area contributed by atoms with Gasteiger partial charge < -0.3 is 15.8 Å². The normalized spacial score (nSPS) is 21.5. The fourth-order valence-corrected chi connectivity index (χ4v) is 2.90. The molecule has 1 aromatic carbocycles. The van der Waals surface area contributed by atoms with Crippen molar-refractivity contribution in [2.75, 3.05) is 13.1 Å². The lowest BCUT2D eigenvalue weighted by molar-refractivity contribution is -0.131. The molecular formula is C15H20Cl2N2O2. The third-order valence-corrected chi connectivity index (χ3v) is 4.19. The molecule has 0 saturated carbocycles. The highest BCUT2D eigenvalue weighted by Crippen LogP contribution is 2.22. The predicted molar refractivity (Wildman–Crippen MR) is 84.7 cm³/mol. The van der Waals surface area contributed by atoms with Gasteiger partial charge in [-0.25, -0.2) is 0 Å². The third kappa shape index (κ3) is 4.85. The Morgan fingerprint density at radius 1 is 1.38 bits per heavy atom. The summed E-state index contributed by atoms with van der Waals surface area (Å²) in [5.74, 6) is -0.0480. The summed E-state index contributed by atoms with van der Waals surface area (Å²) in [5.41, 5.74) is 6.57. The van der Waals surface area contributed by atoms with E-state index in [0.29, 0.717) is 23.1 Å². The van der Waals surface area contributed by atoms with Crippen molar-refractivity contribution in [3.05, 3.63) is 33.8 Å². The van der Waals surface area contributed by atoms with Crippen LogP contribution in [-0.2, 0) is 16.0 Å².